The summed E-state index contributed by atoms with van der Waals surface area (Å²) in [4.78, 5) is 8.90. The summed E-state index contributed by atoms with van der Waals surface area (Å²) in [6, 6.07) is 5.93. The highest BCUT2D eigenvalue weighted by atomic mass is 35.5. The van der Waals surface area contributed by atoms with Crippen molar-refractivity contribution in [3.05, 3.63) is 40.6 Å². The summed E-state index contributed by atoms with van der Waals surface area (Å²) in [7, 11) is 1.66. The quantitative estimate of drug-likeness (QED) is 0.678. The summed E-state index contributed by atoms with van der Waals surface area (Å²) in [5.74, 6) is 2.03. The van der Waals surface area contributed by atoms with Crippen molar-refractivity contribution >= 4 is 34.0 Å². The smallest absolute Gasteiger partial charge is 0.146 e. The van der Waals surface area contributed by atoms with Gasteiger partial charge in [-0.2, -0.15) is 0 Å². The monoisotopic (exact) mass is 307 g/mol. The summed E-state index contributed by atoms with van der Waals surface area (Å²) in [5.41, 5.74) is 1.92. The predicted octanol–water partition coefficient (Wildman–Crippen LogP) is 3.48. The molecule has 0 amide bonds. The molecule has 2 heterocycles. The second kappa shape index (κ2) is 5.81. The molecular weight excluding hydrogens is 294 g/mol. The van der Waals surface area contributed by atoms with Gasteiger partial charge in [-0.3, -0.25) is 0 Å². The number of methoxy groups -OCH3 is 1. The Morgan fingerprint density at radius 2 is 2.30 bits per heavy atom. The van der Waals surface area contributed by atoms with Crippen LogP contribution in [0.2, 0.25) is 0 Å². The van der Waals surface area contributed by atoms with E-state index in [9.17, 15) is 0 Å². The number of ether oxygens (including phenoxy) is 1. The minimum atomic E-state index is 0.385. The second-order valence-electron chi connectivity index (χ2n) is 4.32. The fourth-order valence-electron chi connectivity index (χ4n) is 2.27. The Bertz CT molecular complexity index is 709. The summed E-state index contributed by atoms with van der Waals surface area (Å²) in [5, 5.41) is 3.11. The van der Waals surface area contributed by atoms with Crippen molar-refractivity contribution in [1.82, 2.24) is 14.5 Å². The van der Waals surface area contributed by atoms with Crippen molar-refractivity contribution in [1.29, 1.82) is 0 Å². The second-order valence-corrected chi connectivity index (χ2v) is 5.56. The first-order chi connectivity index (χ1) is 9.83. The molecule has 6 heteroatoms. The molecule has 0 aliphatic heterocycles. The van der Waals surface area contributed by atoms with Crippen molar-refractivity contribution < 1.29 is 4.74 Å². The van der Waals surface area contributed by atoms with Crippen LogP contribution in [0.4, 0.5) is 0 Å². The Morgan fingerprint density at radius 3 is 3.00 bits per heavy atom. The molecule has 0 unspecified atom stereocenters. The number of alkyl halides is 1. The maximum Gasteiger partial charge on any atom is 0.146 e. The molecule has 2 aromatic heterocycles. The van der Waals surface area contributed by atoms with Gasteiger partial charge in [0.15, 0.2) is 0 Å². The topological polar surface area (TPSA) is 39.9 Å². The molecule has 20 heavy (non-hydrogen) atoms. The van der Waals surface area contributed by atoms with E-state index in [1.807, 2.05) is 29.8 Å². The van der Waals surface area contributed by atoms with Gasteiger partial charge in [0, 0.05) is 24.5 Å². The van der Waals surface area contributed by atoms with Crippen LogP contribution in [0.15, 0.2) is 29.8 Å². The molecule has 0 saturated heterocycles. The zero-order valence-electron chi connectivity index (χ0n) is 11.0. The Morgan fingerprint density at radius 1 is 1.40 bits per heavy atom. The van der Waals surface area contributed by atoms with Crippen LogP contribution in [-0.2, 0) is 18.8 Å². The van der Waals surface area contributed by atoms with Crippen LogP contribution >= 0.6 is 22.9 Å². The van der Waals surface area contributed by atoms with E-state index in [4.69, 9.17) is 16.3 Å². The minimum absolute atomic E-state index is 0.385. The van der Waals surface area contributed by atoms with Gasteiger partial charge in [0.1, 0.15) is 17.1 Å². The molecular formula is C14H14ClN3OS. The van der Waals surface area contributed by atoms with E-state index in [0.29, 0.717) is 5.88 Å². The third-order valence-corrected chi connectivity index (χ3v) is 4.27. The van der Waals surface area contributed by atoms with E-state index >= 15 is 0 Å². The molecule has 3 aromatic rings. The average molecular weight is 308 g/mol. The standard InChI is InChI=1S/C14H14ClN3OS/c1-19-11-4-2-3-10-14(11)17-12(9-15)18(10)7-5-13-16-6-8-20-13/h2-4,6,8H,5,7,9H2,1H3. The molecule has 0 spiro atoms. The van der Waals surface area contributed by atoms with Crippen LogP contribution in [0.25, 0.3) is 11.0 Å². The molecule has 0 saturated carbocycles. The Hall–Kier alpha value is -1.59. The number of benzene rings is 1. The van der Waals surface area contributed by atoms with Crippen molar-refractivity contribution in [2.24, 2.45) is 0 Å². The van der Waals surface area contributed by atoms with Crippen LogP contribution < -0.4 is 4.74 Å². The van der Waals surface area contributed by atoms with Gasteiger partial charge in [-0.05, 0) is 12.1 Å². The van der Waals surface area contributed by atoms with E-state index in [-0.39, 0.29) is 0 Å². The third-order valence-electron chi connectivity index (χ3n) is 3.19. The van der Waals surface area contributed by atoms with Crippen LogP contribution in [-0.4, -0.2) is 21.6 Å². The average Bonchev–Trinajstić information content (AvgIpc) is 3.11. The summed E-state index contributed by atoms with van der Waals surface area (Å²) < 4.78 is 7.51. The summed E-state index contributed by atoms with van der Waals surface area (Å²) >= 11 is 7.69. The van der Waals surface area contributed by atoms with Crippen molar-refractivity contribution in [3.8, 4) is 5.75 Å². The fourth-order valence-corrected chi connectivity index (χ4v) is 3.08. The lowest BCUT2D eigenvalue weighted by Gasteiger charge is -2.06. The van der Waals surface area contributed by atoms with Gasteiger partial charge >= 0.3 is 0 Å². The number of halogens is 1. The highest BCUT2D eigenvalue weighted by molar-refractivity contribution is 7.09. The van der Waals surface area contributed by atoms with Crippen LogP contribution in [0.1, 0.15) is 10.8 Å². The molecule has 0 bridgehead atoms. The predicted molar refractivity (Wildman–Crippen MR) is 81.7 cm³/mol. The molecule has 0 aliphatic rings. The van der Waals surface area contributed by atoms with Crippen molar-refractivity contribution in [2.45, 2.75) is 18.8 Å². The largest absolute Gasteiger partial charge is 0.494 e. The zero-order valence-corrected chi connectivity index (χ0v) is 12.6. The highest BCUT2D eigenvalue weighted by Gasteiger charge is 2.13. The molecule has 0 fully saturated rings. The van der Waals surface area contributed by atoms with Gasteiger partial charge in [0.05, 0.1) is 23.5 Å². The van der Waals surface area contributed by atoms with Crippen molar-refractivity contribution in [2.75, 3.05) is 7.11 Å². The van der Waals surface area contributed by atoms with Gasteiger partial charge < -0.3 is 9.30 Å². The molecule has 0 N–H and O–H groups in total. The minimum Gasteiger partial charge on any atom is -0.494 e. The first-order valence-corrected chi connectivity index (χ1v) is 7.71. The Balaban J connectivity index is 1.99. The number of hydrogen-bond acceptors (Lipinski definition) is 4. The molecule has 4 nitrogen and oxygen atoms in total. The number of thiazole rings is 1. The van der Waals surface area contributed by atoms with Crippen LogP contribution in [0, 0.1) is 0 Å². The zero-order chi connectivity index (χ0) is 13.9. The van der Waals surface area contributed by atoms with E-state index in [2.05, 4.69) is 14.5 Å². The number of imidazole rings is 1. The molecule has 104 valence electrons. The Labute approximate surface area is 126 Å². The molecule has 0 atom stereocenters. The molecule has 1 aromatic carbocycles. The van der Waals surface area contributed by atoms with E-state index in [1.165, 1.54) is 0 Å². The molecule has 0 aliphatic carbocycles. The number of fused-ring (bicyclic) bond motifs is 1. The van der Waals surface area contributed by atoms with Crippen molar-refractivity contribution in [3.63, 3.8) is 0 Å². The number of aromatic nitrogens is 3. The fraction of sp³-hybridized carbons (Fsp3) is 0.286. The maximum absolute atomic E-state index is 6.02. The van der Waals surface area contributed by atoms with Gasteiger partial charge in [-0.1, -0.05) is 6.07 Å². The first kappa shape index (κ1) is 13.4. The van der Waals surface area contributed by atoms with Crippen LogP contribution in [0.5, 0.6) is 5.75 Å². The van der Waals surface area contributed by atoms with E-state index in [1.54, 1.807) is 18.4 Å². The van der Waals surface area contributed by atoms with Gasteiger partial charge in [0.2, 0.25) is 0 Å². The molecule has 0 radical (unpaired) electrons. The maximum atomic E-state index is 6.02. The third kappa shape index (κ3) is 2.39. The number of nitrogens with zero attached hydrogens (tertiary/aromatic N) is 3. The normalized spacial score (nSPS) is 11.1. The first-order valence-electron chi connectivity index (χ1n) is 6.30. The lowest BCUT2D eigenvalue weighted by atomic mass is 10.3. The van der Waals surface area contributed by atoms with Gasteiger partial charge in [0.25, 0.3) is 0 Å². The number of para-hydroxylation sites is 1. The SMILES string of the molecule is COc1cccc2c1nc(CCl)n2CCc1nccs1. The number of rotatable bonds is 5. The highest BCUT2D eigenvalue weighted by Crippen LogP contribution is 2.26. The van der Waals surface area contributed by atoms with Gasteiger partial charge in [-0.25, -0.2) is 9.97 Å². The summed E-state index contributed by atoms with van der Waals surface area (Å²) in [6.07, 6.45) is 2.71. The van der Waals surface area contributed by atoms with E-state index < -0.39 is 0 Å². The van der Waals surface area contributed by atoms with Crippen LogP contribution in [0.3, 0.4) is 0 Å². The number of aryl methyl sites for hydroxylation is 2. The number of hydrogen-bond donors (Lipinski definition) is 0. The summed E-state index contributed by atoms with van der Waals surface area (Å²) in [6.45, 7) is 0.819. The van der Waals surface area contributed by atoms with E-state index in [0.717, 1.165) is 40.6 Å². The lowest BCUT2D eigenvalue weighted by Crippen LogP contribution is -2.04. The molecule has 3 rings (SSSR count). The Kier molecular flexibility index (Phi) is 3.89. The lowest BCUT2D eigenvalue weighted by molar-refractivity contribution is 0.419. The van der Waals surface area contributed by atoms with Gasteiger partial charge in [-0.15, -0.1) is 22.9 Å².